The number of para-hydroxylation sites is 1. The molecule has 1 aliphatic rings. The minimum Gasteiger partial charge on any atom is -0.366 e. The molecule has 1 heterocycles. The van der Waals surface area contributed by atoms with Gasteiger partial charge in [0.15, 0.2) is 5.78 Å². The van der Waals surface area contributed by atoms with Crippen LogP contribution in [0.5, 0.6) is 0 Å². The minimum atomic E-state index is -5.02. The average Bonchev–Trinajstić information content (AvgIpc) is 3.11. The lowest BCUT2D eigenvalue weighted by Gasteiger charge is -2.26. The molecule has 1 aliphatic heterocycles. The van der Waals surface area contributed by atoms with Gasteiger partial charge in [-0.25, -0.2) is 0 Å². The molecule has 3 atom stereocenters. The average molecular weight is 545 g/mol. The van der Waals surface area contributed by atoms with Crippen molar-refractivity contribution in [3.63, 3.8) is 0 Å². The molecule has 4 N–H and O–H groups in total. The first-order valence-electron chi connectivity index (χ1n) is 12.4. The zero-order valence-corrected chi connectivity index (χ0v) is 21.7. The van der Waals surface area contributed by atoms with Gasteiger partial charge in [0.05, 0.1) is 19.4 Å². The van der Waals surface area contributed by atoms with E-state index in [0.29, 0.717) is 25.4 Å². The topological polar surface area (TPSA) is 135 Å². The van der Waals surface area contributed by atoms with Crippen LogP contribution in [0.3, 0.4) is 0 Å². The number of carbonyl (C=O) groups is 4. The third-order valence-corrected chi connectivity index (χ3v) is 5.87. The van der Waals surface area contributed by atoms with Crippen LogP contribution in [-0.4, -0.2) is 68.4 Å². The predicted octanol–water partition coefficient (Wildman–Crippen LogP) is 2.03. The Hall–Kier alpha value is -3.03. The molecule has 0 aromatic heterocycles. The number of amides is 3. The maximum atomic E-state index is 13.2. The van der Waals surface area contributed by atoms with Crippen LogP contribution in [0.25, 0.3) is 0 Å². The number of ketones is 1. The van der Waals surface area contributed by atoms with Crippen molar-refractivity contribution in [2.24, 2.45) is 11.8 Å². The Morgan fingerprint density at radius 1 is 1.11 bits per heavy atom. The van der Waals surface area contributed by atoms with E-state index in [1.807, 2.05) is 0 Å². The molecule has 212 valence electrons. The van der Waals surface area contributed by atoms with Crippen LogP contribution >= 0.6 is 0 Å². The lowest BCUT2D eigenvalue weighted by atomic mass is 9.94. The maximum absolute atomic E-state index is 13.2. The summed E-state index contributed by atoms with van der Waals surface area (Å²) in [6.45, 7) is 5.16. The zero-order chi connectivity index (χ0) is 28.3. The van der Waals surface area contributed by atoms with E-state index in [0.717, 1.165) is 5.56 Å². The molecule has 0 unspecified atom stereocenters. The molecule has 13 heteroatoms. The van der Waals surface area contributed by atoms with Crippen LogP contribution in [-0.2, 0) is 28.7 Å². The molecule has 38 heavy (non-hydrogen) atoms. The van der Waals surface area contributed by atoms with E-state index >= 15 is 0 Å². The fraction of sp³-hybridized carbons (Fsp3) is 0.600. The number of hydrogen-bond donors (Lipinski definition) is 4. The summed E-state index contributed by atoms with van der Waals surface area (Å²) in [5.41, 5.74) is 1.15. The van der Waals surface area contributed by atoms with E-state index in [-0.39, 0.29) is 31.3 Å². The zero-order valence-electron chi connectivity index (χ0n) is 21.7. The Bertz CT molecular complexity index is 965. The second-order valence-electron chi connectivity index (χ2n) is 9.59. The van der Waals surface area contributed by atoms with Crippen LogP contribution in [0.4, 0.5) is 18.9 Å². The van der Waals surface area contributed by atoms with E-state index < -0.39 is 48.6 Å². The van der Waals surface area contributed by atoms with Gasteiger partial charge in [0.1, 0.15) is 12.6 Å². The van der Waals surface area contributed by atoms with E-state index in [9.17, 15) is 32.3 Å². The van der Waals surface area contributed by atoms with Gasteiger partial charge in [-0.3, -0.25) is 29.2 Å². The van der Waals surface area contributed by atoms with Crippen molar-refractivity contribution in [1.29, 1.82) is 0 Å². The first kappa shape index (κ1) is 31.2. The third-order valence-electron chi connectivity index (χ3n) is 5.87. The van der Waals surface area contributed by atoms with Crippen molar-refractivity contribution < 1.29 is 41.8 Å². The first-order chi connectivity index (χ1) is 17.9. The summed E-state index contributed by atoms with van der Waals surface area (Å²) >= 11 is 0. The SMILES string of the molecule is Cc1ccccc1NC(=O)C(=O)N[C@@H](CC(C)C)C(=O)N[C@@H](C[C@@H]1CCNCOC1)C(=O)COC(F)(F)F. The van der Waals surface area contributed by atoms with Crippen molar-refractivity contribution in [3.8, 4) is 0 Å². The van der Waals surface area contributed by atoms with Gasteiger partial charge < -0.3 is 20.7 Å². The number of benzene rings is 1. The number of rotatable bonds is 11. The van der Waals surface area contributed by atoms with Crippen LogP contribution < -0.4 is 21.3 Å². The number of aryl methyl sites for hydroxylation is 1. The number of halogens is 3. The number of ether oxygens (including phenoxy) is 2. The number of alkyl halides is 3. The van der Waals surface area contributed by atoms with Gasteiger partial charge in [-0.05, 0) is 56.2 Å². The number of hydrogen-bond acceptors (Lipinski definition) is 7. The highest BCUT2D eigenvalue weighted by atomic mass is 19.4. The molecule has 0 radical (unpaired) electrons. The van der Waals surface area contributed by atoms with Crippen molar-refractivity contribution in [2.75, 3.05) is 31.8 Å². The molecule has 2 rings (SSSR count). The second kappa shape index (κ2) is 14.8. The van der Waals surface area contributed by atoms with Gasteiger partial charge in [0, 0.05) is 5.69 Å². The number of anilines is 1. The predicted molar refractivity (Wildman–Crippen MR) is 132 cm³/mol. The Labute approximate surface area is 219 Å². The van der Waals surface area contributed by atoms with Gasteiger partial charge in [0.2, 0.25) is 5.91 Å². The Balaban J connectivity index is 2.13. The summed E-state index contributed by atoms with van der Waals surface area (Å²) in [6, 6.07) is 4.29. The quantitative estimate of drug-likeness (QED) is 0.313. The van der Waals surface area contributed by atoms with Crippen LogP contribution in [0.1, 0.15) is 38.7 Å². The molecule has 1 aromatic rings. The number of nitrogens with one attached hydrogen (secondary N) is 4. The van der Waals surface area contributed by atoms with Crippen molar-refractivity contribution in [3.05, 3.63) is 29.8 Å². The molecule has 10 nitrogen and oxygen atoms in total. The van der Waals surface area contributed by atoms with E-state index in [1.54, 1.807) is 45.0 Å². The Kier molecular flexibility index (Phi) is 12.1. The molecule has 1 fully saturated rings. The molecular weight excluding hydrogens is 509 g/mol. The van der Waals surface area contributed by atoms with E-state index in [1.165, 1.54) is 0 Å². The maximum Gasteiger partial charge on any atom is 0.522 e. The van der Waals surface area contributed by atoms with Gasteiger partial charge in [-0.15, -0.1) is 13.2 Å². The summed E-state index contributed by atoms with van der Waals surface area (Å²) in [5.74, 6) is -4.15. The lowest BCUT2D eigenvalue weighted by Crippen LogP contribution is -2.54. The lowest BCUT2D eigenvalue weighted by molar-refractivity contribution is -0.321. The van der Waals surface area contributed by atoms with Gasteiger partial charge in [0.25, 0.3) is 0 Å². The number of Topliss-reactive ketones (excluding diaryl/α,β-unsaturated/α-hetero) is 1. The summed E-state index contributed by atoms with van der Waals surface area (Å²) < 4.78 is 46.7. The number of carbonyl (C=O) groups excluding carboxylic acids is 4. The van der Waals surface area contributed by atoms with Crippen molar-refractivity contribution >= 4 is 29.2 Å². The highest BCUT2D eigenvalue weighted by Gasteiger charge is 2.34. The molecule has 0 bridgehead atoms. The van der Waals surface area contributed by atoms with E-state index in [2.05, 4.69) is 26.0 Å². The molecule has 0 saturated carbocycles. The first-order valence-corrected chi connectivity index (χ1v) is 12.4. The summed E-state index contributed by atoms with van der Waals surface area (Å²) in [6.07, 6.45) is -4.31. The van der Waals surface area contributed by atoms with Crippen LogP contribution in [0.2, 0.25) is 0 Å². The summed E-state index contributed by atoms with van der Waals surface area (Å²) in [7, 11) is 0. The molecule has 0 aliphatic carbocycles. The molecule has 1 aromatic carbocycles. The van der Waals surface area contributed by atoms with Gasteiger partial charge in [-0.2, -0.15) is 0 Å². The normalized spacial score (nSPS) is 17.7. The molecule has 3 amide bonds. The van der Waals surface area contributed by atoms with Crippen LogP contribution in [0.15, 0.2) is 24.3 Å². The summed E-state index contributed by atoms with van der Waals surface area (Å²) in [4.78, 5) is 50.9. The van der Waals surface area contributed by atoms with E-state index in [4.69, 9.17) is 4.74 Å². The van der Waals surface area contributed by atoms with Crippen molar-refractivity contribution in [1.82, 2.24) is 16.0 Å². The fourth-order valence-corrected chi connectivity index (χ4v) is 3.89. The molecule has 0 spiro atoms. The fourth-order valence-electron chi connectivity index (χ4n) is 3.89. The summed E-state index contributed by atoms with van der Waals surface area (Å²) in [5, 5.41) is 10.3. The molecule has 1 saturated heterocycles. The monoisotopic (exact) mass is 544 g/mol. The standard InChI is InChI=1S/C25H35F3N4O6/c1-15(2)10-20(32-24(36)23(35)30-18-7-5-4-6-16(18)3)22(34)31-19(21(33)13-38-25(26,27)28)11-17-8-9-29-14-37-12-17/h4-7,15,17,19-20,29H,8-14H2,1-3H3,(H,30,35)(H,31,34)(H,32,36)/t17-,19-,20-/m0/s1. The Morgan fingerprint density at radius 2 is 1.82 bits per heavy atom. The van der Waals surface area contributed by atoms with Crippen molar-refractivity contribution in [2.45, 2.75) is 58.5 Å². The van der Waals surface area contributed by atoms with Crippen LogP contribution in [0, 0.1) is 18.8 Å². The highest BCUT2D eigenvalue weighted by molar-refractivity contribution is 6.40. The molecular formula is C25H35F3N4O6. The second-order valence-corrected chi connectivity index (χ2v) is 9.59. The smallest absolute Gasteiger partial charge is 0.366 e. The third kappa shape index (κ3) is 11.2. The Morgan fingerprint density at radius 3 is 2.47 bits per heavy atom. The largest absolute Gasteiger partial charge is 0.522 e. The minimum absolute atomic E-state index is 0.0174. The highest BCUT2D eigenvalue weighted by Crippen LogP contribution is 2.19. The van der Waals surface area contributed by atoms with Gasteiger partial charge in [-0.1, -0.05) is 32.0 Å². The van der Waals surface area contributed by atoms with Gasteiger partial charge >= 0.3 is 18.2 Å².